The minimum absolute atomic E-state index is 0. The number of rotatable bonds is 7. The fourth-order valence-corrected chi connectivity index (χ4v) is 3.06. The van der Waals surface area contributed by atoms with Crippen molar-refractivity contribution < 1.29 is 4.39 Å². The number of hydrogen-bond acceptors (Lipinski definition) is 2. The average molecular weight is 462 g/mol. The number of halogens is 2. The Hall–Kier alpha value is -0.890. The highest BCUT2D eigenvalue weighted by atomic mass is 127. The lowest BCUT2D eigenvalue weighted by Crippen LogP contribution is -2.41. The third-order valence-corrected chi connectivity index (χ3v) is 4.37. The summed E-state index contributed by atoms with van der Waals surface area (Å²) < 4.78 is 13.3. The average Bonchev–Trinajstić information content (AvgIpc) is 3.06. The molecule has 2 rings (SSSR count). The van der Waals surface area contributed by atoms with Crippen LogP contribution in [-0.2, 0) is 6.54 Å². The Kier molecular flexibility index (Phi) is 10.3. The van der Waals surface area contributed by atoms with Gasteiger partial charge in [-0.2, -0.15) is 0 Å². The highest BCUT2D eigenvalue weighted by Crippen LogP contribution is 2.11. The molecule has 0 aliphatic carbocycles. The molecule has 1 aromatic carbocycles. The molecule has 0 amide bonds. The molecule has 0 saturated carbocycles. The van der Waals surface area contributed by atoms with Crippen molar-refractivity contribution in [1.29, 1.82) is 0 Å². The van der Waals surface area contributed by atoms with Crippen molar-refractivity contribution in [3.63, 3.8) is 0 Å². The van der Waals surface area contributed by atoms with Crippen LogP contribution in [0.3, 0.4) is 0 Å². The second kappa shape index (κ2) is 11.7. The molecule has 6 heteroatoms. The summed E-state index contributed by atoms with van der Waals surface area (Å²) in [5, 5.41) is 6.71. The highest BCUT2D eigenvalue weighted by Gasteiger charge is 2.14. The van der Waals surface area contributed by atoms with Crippen molar-refractivity contribution in [1.82, 2.24) is 15.5 Å². The van der Waals surface area contributed by atoms with Gasteiger partial charge in [0.05, 0.1) is 6.54 Å². The van der Waals surface area contributed by atoms with Crippen LogP contribution in [0.25, 0.3) is 0 Å². The van der Waals surface area contributed by atoms with E-state index in [9.17, 15) is 4.39 Å². The van der Waals surface area contributed by atoms with E-state index < -0.39 is 0 Å². The molecule has 1 fully saturated rings. The first-order valence-electron chi connectivity index (χ1n) is 9.08. The molecule has 1 atom stereocenters. The predicted molar refractivity (Wildman–Crippen MR) is 114 cm³/mol. The third-order valence-electron chi connectivity index (χ3n) is 4.37. The number of nitrogens with zero attached hydrogens (tertiary/aromatic N) is 2. The first-order valence-corrected chi connectivity index (χ1v) is 9.08. The number of aryl methyl sites for hydroxylation is 1. The van der Waals surface area contributed by atoms with Crippen molar-refractivity contribution in [2.45, 2.75) is 40.2 Å². The molecule has 1 unspecified atom stereocenters. The summed E-state index contributed by atoms with van der Waals surface area (Å²) in [6.45, 7) is 12.0. The Balaban J connectivity index is 0.00000312. The van der Waals surface area contributed by atoms with E-state index in [4.69, 9.17) is 0 Å². The standard InChI is InChI=1S/C19H31FN4.HI/c1-4-21-19(22-12-15(2)14-24-9-5-6-10-24)23-13-17-7-8-18(20)16(3)11-17;/h7-8,11,15H,4-6,9-10,12-14H2,1-3H3,(H2,21,22,23);1H. The molecule has 142 valence electrons. The zero-order valence-electron chi connectivity index (χ0n) is 15.6. The number of benzene rings is 1. The van der Waals surface area contributed by atoms with Gasteiger partial charge in [-0.1, -0.05) is 19.1 Å². The SMILES string of the molecule is CCNC(=NCc1ccc(F)c(C)c1)NCC(C)CN1CCCC1.I. The summed E-state index contributed by atoms with van der Waals surface area (Å²) in [4.78, 5) is 7.16. The van der Waals surface area contributed by atoms with Crippen molar-refractivity contribution in [3.05, 3.63) is 35.1 Å². The van der Waals surface area contributed by atoms with Gasteiger partial charge in [-0.05, 0) is 62.9 Å². The Bertz CT molecular complexity index is 544. The number of hydrogen-bond donors (Lipinski definition) is 2. The summed E-state index contributed by atoms with van der Waals surface area (Å²) in [5.74, 6) is 1.25. The summed E-state index contributed by atoms with van der Waals surface area (Å²) in [6.07, 6.45) is 2.67. The third kappa shape index (κ3) is 7.90. The van der Waals surface area contributed by atoms with Crippen LogP contribution in [0.15, 0.2) is 23.2 Å². The van der Waals surface area contributed by atoms with Crippen LogP contribution < -0.4 is 10.6 Å². The van der Waals surface area contributed by atoms with Crippen LogP contribution >= 0.6 is 24.0 Å². The Labute approximate surface area is 168 Å². The van der Waals surface area contributed by atoms with Crippen molar-refractivity contribution >= 4 is 29.9 Å². The smallest absolute Gasteiger partial charge is 0.191 e. The fourth-order valence-electron chi connectivity index (χ4n) is 3.06. The van der Waals surface area contributed by atoms with Gasteiger partial charge >= 0.3 is 0 Å². The van der Waals surface area contributed by atoms with Crippen LogP contribution in [0.4, 0.5) is 4.39 Å². The summed E-state index contributed by atoms with van der Waals surface area (Å²) >= 11 is 0. The van der Waals surface area contributed by atoms with E-state index in [-0.39, 0.29) is 29.8 Å². The molecule has 1 aliphatic rings. The van der Waals surface area contributed by atoms with Gasteiger partial charge in [-0.25, -0.2) is 9.38 Å². The van der Waals surface area contributed by atoms with Gasteiger partial charge in [0.15, 0.2) is 5.96 Å². The molecule has 0 aromatic heterocycles. The highest BCUT2D eigenvalue weighted by molar-refractivity contribution is 14.0. The van der Waals surface area contributed by atoms with Crippen LogP contribution in [0.2, 0.25) is 0 Å². The second-order valence-electron chi connectivity index (χ2n) is 6.77. The monoisotopic (exact) mass is 462 g/mol. The molecule has 1 aliphatic heterocycles. The summed E-state index contributed by atoms with van der Waals surface area (Å²) in [6, 6.07) is 5.17. The lowest BCUT2D eigenvalue weighted by molar-refractivity contribution is 0.287. The van der Waals surface area contributed by atoms with E-state index in [1.807, 2.05) is 6.07 Å². The molecular weight excluding hydrogens is 430 g/mol. The van der Waals surface area contributed by atoms with E-state index >= 15 is 0 Å². The maximum absolute atomic E-state index is 13.3. The summed E-state index contributed by atoms with van der Waals surface area (Å²) in [7, 11) is 0. The number of guanidine groups is 1. The quantitative estimate of drug-likeness (QED) is 0.370. The lowest BCUT2D eigenvalue weighted by atomic mass is 10.1. The Morgan fingerprint density at radius 1 is 1.28 bits per heavy atom. The van der Waals surface area contributed by atoms with Crippen LogP contribution in [-0.4, -0.2) is 43.6 Å². The maximum Gasteiger partial charge on any atom is 0.191 e. The van der Waals surface area contributed by atoms with E-state index in [0.29, 0.717) is 18.0 Å². The van der Waals surface area contributed by atoms with E-state index in [1.165, 1.54) is 32.0 Å². The van der Waals surface area contributed by atoms with Gasteiger partial charge in [-0.3, -0.25) is 0 Å². The predicted octanol–water partition coefficient (Wildman–Crippen LogP) is 3.54. The fraction of sp³-hybridized carbons (Fsp3) is 0.632. The Morgan fingerprint density at radius 3 is 2.64 bits per heavy atom. The number of aliphatic imine (C=N–C) groups is 1. The zero-order valence-corrected chi connectivity index (χ0v) is 18.0. The van der Waals surface area contributed by atoms with Gasteiger partial charge in [0, 0.05) is 19.6 Å². The normalized spacial score (nSPS) is 16.4. The molecule has 25 heavy (non-hydrogen) atoms. The van der Waals surface area contributed by atoms with E-state index in [2.05, 4.69) is 34.4 Å². The first-order chi connectivity index (χ1) is 11.6. The van der Waals surface area contributed by atoms with Gasteiger partial charge in [-0.15, -0.1) is 24.0 Å². The first kappa shape index (κ1) is 22.2. The van der Waals surface area contributed by atoms with Gasteiger partial charge in [0.1, 0.15) is 5.82 Å². The molecular formula is C19H32FIN4. The Morgan fingerprint density at radius 2 is 2.00 bits per heavy atom. The topological polar surface area (TPSA) is 39.7 Å². The second-order valence-corrected chi connectivity index (χ2v) is 6.77. The van der Waals surface area contributed by atoms with Crippen molar-refractivity contribution in [2.75, 3.05) is 32.7 Å². The molecule has 0 spiro atoms. The molecule has 2 N–H and O–H groups in total. The molecule has 4 nitrogen and oxygen atoms in total. The van der Waals surface area contributed by atoms with Gasteiger partial charge in [0.2, 0.25) is 0 Å². The molecule has 1 aromatic rings. The van der Waals surface area contributed by atoms with Gasteiger partial charge in [0.25, 0.3) is 0 Å². The van der Waals surface area contributed by atoms with Crippen LogP contribution in [0, 0.1) is 18.7 Å². The zero-order chi connectivity index (χ0) is 17.4. The molecule has 0 bridgehead atoms. The number of nitrogens with one attached hydrogen (secondary N) is 2. The molecule has 0 radical (unpaired) electrons. The minimum atomic E-state index is -0.163. The van der Waals surface area contributed by atoms with Crippen LogP contribution in [0.5, 0.6) is 0 Å². The summed E-state index contributed by atoms with van der Waals surface area (Å²) in [5.41, 5.74) is 1.69. The van der Waals surface area contributed by atoms with Crippen LogP contribution in [0.1, 0.15) is 37.8 Å². The minimum Gasteiger partial charge on any atom is -0.357 e. The molecule has 1 saturated heterocycles. The van der Waals surface area contributed by atoms with E-state index in [1.54, 1.807) is 13.0 Å². The number of likely N-dealkylation sites (tertiary alicyclic amines) is 1. The largest absolute Gasteiger partial charge is 0.357 e. The molecule has 1 heterocycles. The van der Waals surface area contributed by atoms with Crippen molar-refractivity contribution in [2.24, 2.45) is 10.9 Å². The van der Waals surface area contributed by atoms with Gasteiger partial charge < -0.3 is 15.5 Å². The van der Waals surface area contributed by atoms with E-state index in [0.717, 1.165) is 31.2 Å². The van der Waals surface area contributed by atoms with Crippen molar-refractivity contribution in [3.8, 4) is 0 Å². The lowest BCUT2D eigenvalue weighted by Gasteiger charge is -2.21. The maximum atomic E-state index is 13.3.